The van der Waals surface area contributed by atoms with Crippen molar-refractivity contribution in [3.63, 3.8) is 0 Å². The zero-order valence-corrected chi connectivity index (χ0v) is 13.9. The van der Waals surface area contributed by atoms with Gasteiger partial charge >= 0.3 is 0 Å². The van der Waals surface area contributed by atoms with Crippen LogP contribution in [0.3, 0.4) is 0 Å². The van der Waals surface area contributed by atoms with Crippen molar-refractivity contribution in [3.8, 4) is 0 Å². The molecule has 1 atom stereocenters. The molecule has 0 aromatic heterocycles. The first-order chi connectivity index (χ1) is 11.1. The first-order valence-corrected chi connectivity index (χ1v) is 9.66. The minimum absolute atomic E-state index is 0.162. The van der Waals surface area contributed by atoms with Gasteiger partial charge in [-0.3, -0.25) is 4.79 Å². The highest BCUT2D eigenvalue weighted by Crippen LogP contribution is 2.19. The summed E-state index contributed by atoms with van der Waals surface area (Å²) in [6.45, 7) is 3.05. The second-order valence-corrected chi connectivity index (χ2v) is 7.99. The molecule has 0 radical (unpaired) electrons. The van der Waals surface area contributed by atoms with E-state index in [-0.39, 0.29) is 10.8 Å². The summed E-state index contributed by atoms with van der Waals surface area (Å²) >= 11 is 0. The fourth-order valence-corrected chi connectivity index (χ4v) is 4.28. The lowest BCUT2D eigenvalue weighted by Crippen LogP contribution is -2.34. The topological polar surface area (TPSA) is 87.3 Å². The van der Waals surface area contributed by atoms with Gasteiger partial charge < -0.3 is 10.6 Å². The summed E-state index contributed by atoms with van der Waals surface area (Å²) < 4.78 is 27.5. The van der Waals surface area contributed by atoms with Crippen LogP contribution in [0.1, 0.15) is 35.2 Å². The lowest BCUT2D eigenvalue weighted by molar-refractivity contribution is 0.0945. The molecule has 1 amide bonds. The molecule has 0 saturated carbocycles. The Labute approximate surface area is 137 Å². The molecule has 2 aliphatic heterocycles. The van der Waals surface area contributed by atoms with Crippen molar-refractivity contribution in [2.75, 3.05) is 26.2 Å². The third kappa shape index (κ3) is 3.91. The van der Waals surface area contributed by atoms with E-state index >= 15 is 0 Å². The van der Waals surface area contributed by atoms with Crippen LogP contribution in [0.4, 0.5) is 0 Å². The fraction of sp³-hybridized carbons (Fsp3) is 0.562. The molecule has 2 heterocycles. The second-order valence-electron chi connectivity index (χ2n) is 6.22. The maximum Gasteiger partial charge on any atom is 0.251 e. The van der Waals surface area contributed by atoms with E-state index in [2.05, 4.69) is 15.4 Å². The number of sulfonamides is 1. The number of fused-ring (bicyclic) bond motifs is 1. The lowest BCUT2D eigenvalue weighted by Gasteiger charge is -2.22. The Balaban J connectivity index is 1.65. The molecule has 0 aliphatic carbocycles. The molecule has 0 spiro atoms. The Morgan fingerprint density at radius 1 is 1.26 bits per heavy atom. The van der Waals surface area contributed by atoms with E-state index in [0.717, 1.165) is 44.3 Å². The first-order valence-electron chi connectivity index (χ1n) is 8.18. The number of piperidine rings is 1. The van der Waals surface area contributed by atoms with Crippen molar-refractivity contribution < 1.29 is 13.2 Å². The van der Waals surface area contributed by atoms with Crippen LogP contribution in [0.5, 0.6) is 0 Å². The number of hydrogen-bond donors (Lipinski definition) is 3. The van der Waals surface area contributed by atoms with Crippen LogP contribution in [0.25, 0.3) is 0 Å². The predicted octanol–water partition coefficient (Wildman–Crippen LogP) is 0.640. The molecule has 3 rings (SSSR count). The van der Waals surface area contributed by atoms with E-state index < -0.39 is 10.0 Å². The van der Waals surface area contributed by atoms with Gasteiger partial charge in [0.05, 0.1) is 4.90 Å². The Morgan fingerprint density at radius 3 is 2.91 bits per heavy atom. The second kappa shape index (κ2) is 6.98. The third-order valence-electron chi connectivity index (χ3n) is 4.56. The quantitative estimate of drug-likeness (QED) is 0.736. The van der Waals surface area contributed by atoms with Gasteiger partial charge in [0.2, 0.25) is 10.0 Å². The largest absolute Gasteiger partial charge is 0.352 e. The Bertz CT molecular complexity index is 682. The van der Waals surface area contributed by atoms with Crippen molar-refractivity contribution in [2.24, 2.45) is 5.92 Å². The summed E-state index contributed by atoms with van der Waals surface area (Å²) in [4.78, 5) is 12.0. The predicted molar refractivity (Wildman–Crippen MR) is 87.9 cm³/mol. The van der Waals surface area contributed by atoms with E-state index in [9.17, 15) is 13.2 Å². The summed E-state index contributed by atoms with van der Waals surface area (Å²) in [6.07, 6.45) is 3.87. The molecule has 126 valence electrons. The van der Waals surface area contributed by atoms with Crippen molar-refractivity contribution in [1.29, 1.82) is 0 Å². The van der Waals surface area contributed by atoms with Gasteiger partial charge in [0.1, 0.15) is 0 Å². The summed E-state index contributed by atoms with van der Waals surface area (Å²) in [5.41, 5.74) is 1.37. The normalized spacial score (nSPS) is 21.6. The van der Waals surface area contributed by atoms with Gasteiger partial charge in [-0.05, 0) is 62.4 Å². The van der Waals surface area contributed by atoms with Gasteiger partial charge in [-0.15, -0.1) is 0 Å². The van der Waals surface area contributed by atoms with E-state index in [1.54, 1.807) is 12.1 Å². The molecular weight excluding hydrogens is 314 g/mol. The van der Waals surface area contributed by atoms with Crippen LogP contribution in [0, 0.1) is 5.92 Å². The smallest absolute Gasteiger partial charge is 0.251 e. The van der Waals surface area contributed by atoms with E-state index in [4.69, 9.17) is 0 Å². The zero-order chi connectivity index (χ0) is 16.3. The standard InChI is InChI=1S/C16H23N3O3S/c20-16-15-10-14(4-3-13(15)6-8-18-16)23(21,22)19-9-5-12-2-1-7-17-11-12/h3-4,10,12,17,19H,1-2,5-9,11H2,(H,18,20). The van der Waals surface area contributed by atoms with E-state index in [1.807, 2.05) is 0 Å². The van der Waals surface area contributed by atoms with Crippen LogP contribution in [0.2, 0.25) is 0 Å². The molecule has 6 nitrogen and oxygen atoms in total. The molecule has 1 unspecified atom stereocenters. The number of rotatable bonds is 5. The average molecular weight is 337 g/mol. The van der Waals surface area contributed by atoms with Gasteiger partial charge in [-0.1, -0.05) is 6.07 Å². The maximum absolute atomic E-state index is 12.4. The maximum atomic E-state index is 12.4. The molecule has 23 heavy (non-hydrogen) atoms. The summed E-state index contributed by atoms with van der Waals surface area (Å²) in [5.74, 6) is 0.331. The van der Waals surface area contributed by atoms with E-state index in [0.29, 0.717) is 24.6 Å². The van der Waals surface area contributed by atoms with Crippen LogP contribution < -0.4 is 15.4 Å². The lowest BCUT2D eigenvalue weighted by atomic mass is 9.96. The number of benzene rings is 1. The fourth-order valence-electron chi connectivity index (χ4n) is 3.21. The zero-order valence-electron chi connectivity index (χ0n) is 13.1. The average Bonchev–Trinajstić information content (AvgIpc) is 2.56. The summed E-state index contributed by atoms with van der Waals surface area (Å²) in [5, 5.41) is 6.07. The van der Waals surface area contributed by atoms with Gasteiger partial charge in [0.25, 0.3) is 5.91 Å². The van der Waals surface area contributed by atoms with Crippen LogP contribution in [0.15, 0.2) is 23.1 Å². The number of nitrogens with one attached hydrogen (secondary N) is 3. The molecule has 3 N–H and O–H groups in total. The van der Waals surface area contributed by atoms with Gasteiger partial charge in [0, 0.05) is 18.7 Å². The minimum atomic E-state index is -3.57. The van der Waals surface area contributed by atoms with Gasteiger partial charge in [-0.25, -0.2) is 13.1 Å². The van der Waals surface area contributed by atoms with Crippen LogP contribution in [-0.4, -0.2) is 40.5 Å². The number of hydrogen-bond acceptors (Lipinski definition) is 4. The van der Waals surface area contributed by atoms with Crippen molar-refractivity contribution >= 4 is 15.9 Å². The van der Waals surface area contributed by atoms with Gasteiger partial charge in [-0.2, -0.15) is 0 Å². The highest BCUT2D eigenvalue weighted by Gasteiger charge is 2.22. The van der Waals surface area contributed by atoms with E-state index in [1.165, 1.54) is 6.07 Å². The summed E-state index contributed by atoms with van der Waals surface area (Å²) in [7, 11) is -3.57. The molecule has 1 fully saturated rings. The third-order valence-corrected chi connectivity index (χ3v) is 6.02. The SMILES string of the molecule is O=C1NCCc2ccc(S(=O)(=O)NCCC3CCCNC3)cc21. The van der Waals surface area contributed by atoms with Crippen molar-refractivity contribution in [3.05, 3.63) is 29.3 Å². The molecule has 2 aliphatic rings. The highest BCUT2D eigenvalue weighted by atomic mass is 32.2. The molecule has 1 aromatic rings. The molecule has 7 heteroatoms. The monoisotopic (exact) mass is 337 g/mol. The first kappa shape index (κ1) is 16.4. The Hall–Kier alpha value is -1.44. The number of carbonyl (C=O) groups excluding carboxylic acids is 1. The van der Waals surface area contributed by atoms with Crippen LogP contribution >= 0.6 is 0 Å². The molecule has 0 bridgehead atoms. The Kier molecular flexibility index (Phi) is 4.99. The van der Waals surface area contributed by atoms with Crippen molar-refractivity contribution in [1.82, 2.24) is 15.4 Å². The summed E-state index contributed by atoms with van der Waals surface area (Å²) in [6, 6.07) is 4.81. The number of amides is 1. The minimum Gasteiger partial charge on any atom is -0.352 e. The Morgan fingerprint density at radius 2 is 2.13 bits per heavy atom. The molecular formula is C16H23N3O3S. The van der Waals surface area contributed by atoms with Gasteiger partial charge in [0.15, 0.2) is 0 Å². The molecule has 1 aromatic carbocycles. The van der Waals surface area contributed by atoms with Crippen molar-refractivity contribution in [2.45, 2.75) is 30.6 Å². The van der Waals surface area contributed by atoms with Crippen LogP contribution in [-0.2, 0) is 16.4 Å². The number of carbonyl (C=O) groups is 1. The molecule has 1 saturated heterocycles. The highest BCUT2D eigenvalue weighted by molar-refractivity contribution is 7.89.